The van der Waals surface area contributed by atoms with Crippen molar-refractivity contribution in [2.45, 2.75) is 25.9 Å². The third-order valence-electron chi connectivity index (χ3n) is 2.98. The lowest BCUT2D eigenvalue weighted by atomic mass is 9.93. The number of pyridine rings is 1. The van der Waals surface area contributed by atoms with Gasteiger partial charge in [0.05, 0.1) is 18.5 Å². The smallest absolute Gasteiger partial charge is 0.227 e. The second kappa shape index (κ2) is 5.59. The van der Waals surface area contributed by atoms with Crippen molar-refractivity contribution in [1.29, 1.82) is 0 Å². The molecule has 1 aromatic heterocycles. The fourth-order valence-electron chi connectivity index (χ4n) is 1.94. The molecular formula is C13H16N2O2. The number of amides is 1. The summed E-state index contributed by atoms with van der Waals surface area (Å²) in [6.45, 7) is -0.0945. The zero-order valence-corrected chi connectivity index (χ0v) is 9.60. The largest absolute Gasteiger partial charge is 0.392 e. The maximum absolute atomic E-state index is 12.0. The van der Waals surface area contributed by atoms with E-state index in [0.29, 0.717) is 11.3 Å². The van der Waals surface area contributed by atoms with Crippen LogP contribution in [0.5, 0.6) is 0 Å². The molecular weight excluding hydrogens is 216 g/mol. The van der Waals surface area contributed by atoms with Crippen molar-refractivity contribution in [2.75, 3.05) is 5.32 Å². The van der Waals surface area contributed by atoms with Crippen LogP contribution >= 0.6 is 0 Å². The molecule has 2 rings (SSSR count). The summed E-state index contributed by atoms with van der Waals surface area (Å²) >= 11 is 0. The molecule has 17 heavy (non-hydrogen) atoms. The first-order valence-corrected chi connectivity index (χ1v) is 5.81. The number of allylic oxidation sites excluding steroid dienone is 2. The van der Waals surface area contributed by atoms with Gasteiger partial charge in [0.1, 0.15) is 0 Å². The highest BCUT2D eigenvalue weighted by Gasteiger charge is 2.19. The van der Waals surface area contributed by atoms with Gasteiger partial charge in [0.15, 0.2) is 0 Å². The first-order chi connectivity index (χ1) is 8.31. The molecule has 4 heteroatoms. The Morgan fingerprint density at radius 2 is 2.41 bits per heavy atom. The molecule has 1 aliphatic carbocycles. The van der Waals surface area contributed by atoms with Crippen LogP contribution in [0.1, 0.15) is 24.8 Å². The fourth-order valence-corrected chi connectivity index (χ4v) is 1.94. The number of hydrogen-bond donors (Lipinski definition) is 2. The molecule has 1 unspecified atom stereocenters. The summed E-state index contributed by atoms with van der Waals surface area (Å²) in [5.41, 5.74) is 1.30. The zero-order chi connectivity index (χ0) is 12.1. The SMILES string of the molecule is O=C(Nc1cnccc1CO)C1CC=CCC1. The van der Waals surface area contributed by atoms with E-state index in [1.165, 1.54) is 0 Å². The molecule has 1 atom stereocenters. The Morgan fingerprint density at radius 3 is 3.12 bits per heavy atom. The van der Waals surface area contributed by atoms with Gasteiger partial charge >= 0.3 is 0 Å². The zero-order valence-electron chi connectivity index (χ0n) is 9.60. The van der Waals surface area contributed by atoms with E-state index in [4.69, 9.17) is 5.11 Å². The van der Waals surface area contributed by atoms with E-state index in [2.05, 4.69) is 16.4 Å². The molecule has 1 heterocycles. The van der Waals surface area contributed by atoms with Gasteiger partial charge in [0.2, 0.25) is 5.91 Å². The summed E-state index contributed by atoms with van der Waals surface area (Å²) < 4.78 is 0. The number of aromatic nitrogens is 1. The van der Waals surface area contributed by atoms with Crippen molar-refractivity contribution in [3.05, 3.63) is 36.2 Å². The maximum atomic E-state index is 12.0. The first-order valence-electron chi connectivity index (χ1n) is 5.81. The van der Waals surface area contributed by atoms with Crippen LogP contribution in [-0.2, 0) is 11.4 Å². The Labute approximate surface area is 100 Å². The molecule has 0 fully saturated rings. The van der Waals surface area contributed by atoms with E-state index in [1.54, 1.807) is 18.5 Å². The second-order valence-corrected chi connectivity index (χ2v) is 4.16. The molecule has 1 amide bonds. The number of aliphatic hydroxyl groups excluding tert-OH is 1. The van der Waals surface area contributed by atoms with E-state index in [9.17, 15) is 4.79 Å². The standard InChI is InChI=1S/C13H16N2O2/c16-9-11-6-7-14-8-12(11)15-13(17)10-4-2-1-3-5-10/h1-2,6-8,10,16H,3-5,9H2,(H,15,17). The summed E-state index contributed by atoms with van der Waals surface area (Å²) in [6, 6.07) is 1.70. The third kappa shape index (κ3) is 2.91. The highest BCUT2D eigenvalue weighted by Crippen LogP contribution is 2.21. The van der Waals surface area contributed by atoms with Crippen molar-refractivity contribution >= 4 is 11.6 Å². The maximum Gasteiger partial charge on any atom is 0.227 e. The molecule has 0 spiro atoms. The summed E-state index contributed by atoms with van der Waals surface area (Å²) in [7, 11) is 0. The van der Waals surface area contributed by atoms with Crippen LogP contribution in [0.25, 0.3) is 0 Å². The number of carbonyl (C=O) groups excluding carboxylic acids is 1. The molecule has 0 radical (unpaired) electrons. The Kier molecular flexibility index (Phi) is 3.88. The molecule has 0 saturated carbocycles. The van der Waals surface area contributed by atoms with Crippen LogP contribution in [0.4, 0.5) is 5.69 Å². The van der Waals surface area contributed by atoms with E-state index < -0.39 is 0 Å². The van der Waals surface area contributed by atoms with Gasteiger partial charge in [-0.15, -0.1) is 0 Å². The number of hydrogen-bond acceptors (Lipinski definition) is 3. The summed E-state index contributed by atoms with van der Waals surface area (Å²) in [4.78, 5) is 15.9. The molecule has 1 aromatic rings. The first kappa shape index (κ1) is 11.8. The van der Waals surface area contributed by atoms with Gasteiger partial charge in [-0.2, -0.15) is 0 Å². The Balaban J connectivity index is 2.04. The van der Waals surface area contributed by atoms with Crippen molar-refractivity contribution in [2.24, 2.45) is 5.92 Å². The lowest BCUT2D eigenvalue weighted by Crippen LogP contribution is -2.24. The van der Waals surface area contributed by atoms with E-state index in [1.807, 2.05) is 6.08 Å². The predicted octanol–water partition coefficient (Wildman–Crippen LogP) is 1.87. The Bertz CT molecular complexity index is 429. The van der Waals surface area contributed by atoms with Gasteiger partial charge in [-0.1, -0.05) is 12.2 Å². The minimum absolute atomic E-state index is 0.0112. The van der Waals surface area contributed by atoms with Gasteiger partial charge in [-0.05, 0) is 25.3 Å². The van der Waals surface area contributed by atoms with Crippen molar-refractivity contribution in [3.8, 4) is 0 Å². The quantitative estimate of drug-likeness (QED) is 0.782. The number of carbonyl (C=O) groups is 1. The molecule has 0 aliphatic heterocycles. The van der Waals surface area contributed by atoms with Crippen LogP contribution in [0, 0.1) is 5.92 Å². The molecule has 1 aliphatic rings. The topological polar surface area (TPSA) is 62.2 Å². The lowest BCUT2D eigenvalue weighted by Gasteiger charge is -2.18. The molecule has 4 nitrogen and oxygen atoms in total. The lowest BCUT2D eigenvalue weighted by molar-refractivity contribution is -0.120. The van der Waals surface area contributed by atoms with E-state index in [-0.39, 0.29) is 18.4 Å². The number of nitrogens with one attached hydrogen (secondary N) is 1. The molecule has 90 valence electrons. The van der Waals surface area contributed by atoms with Crippen LogP contribution in [0.3, 0.4) is 0 Å². The van der Waals surface area contributed by atoms with Crippen LogP contribution < -0.4 is 5.32 Å². The number of nitrogens with zero attached hydrogens (tertiary/aromatic N) is 1. The summed E-state index contributed by atoms with van der Waals surface area (Å²) in [6.07, 6.45) is 9.96. The highest BCUT2D eigenvalue weighted by molar-refractivity contribution is 5.93. The minimum Gasteiger partial charge on any atom is -0.392 e. The van der Waals surface area contributed by atoms with Crippen LogP contribution in [0.15, 0.2) is 30.6 Å². The molecule has 0 bridgehead atoms. The fraction of sp³-hybridized carbons (Fsp3) is 0.385. The normalized spacial score (nSPS) is 19.0. The van der Waals surface area contributed by atoms with E-state index in [0.717, 1.165) is 19.3 Å². The molecule has 2 N–H and O–H groups in total. The highest BCUT2D eigenvalue weighted by atomic mass is 16.3. The van der Waals surface area contributed by atoms with Crippen LogP contribution in [0.2, 0.25) is 0 Å². The average molecular weight is 232 g/mol. The van der Waals surface area contributed by atoms with Crippen molar-refractivity contribution < 1.29 is 9.90 Å². The Hall–Kier alpha value is -1.68. The summed E-state index contributed by atoms with van der Waals surface area (Å²) in [5.74, 6) is 0.0452. The van der Waals surface area contributed by atoms with Gasteiger partial charge in [-0.3, -0.25) is 9.78 Å². The van der Waals surface area contributed by atoms with Gasteiger partial charge in [0.25, 0.3) is 0 Å². The predicted molar refractivity (Wildman–Crippen MR) is 65.3 cm³/mol. The average Bonchev–Trinajstić information content (AvgIpc) is 2.40. The molecule has 0 aromatic carbocycles. The van der Waals surface area contributed by atoms with E-state index >= 15 is 0 Å². The Morgan fingerprint density at radius 1 is 1.53 bits per heavy atom. The number of rotatable bonds is 3. The van der Waals surface area contributed by atoms with Crippen LogP contribution in [-0.4, -0.2) is 16.0 Å². The minimum atomic E-state index is -0.0945. The third-order valence-corrected chi connectivity index (χ3v) is 2.98. The van der Waals surface area contributed by atoms with Crippen molar-refractivity contribution in [1.82, 2.24) is 4.98 Å². The monoisotopic (exact) mass is 232 g/mol. The van der Waals surface area contributed by atoms with Crippen molar-refractivity contribution in [3.63, 3.8) is 0 Å². The van der Waals surface area contributed by atoms with Gasteiger partial charge in [0, 0.05) is 17.7 Å². The second-order valence-electron chi connectivity index (χ2n) is 4.16. The summed E-state index contributed by atoms with van der Waals surface area (Å²) in [5, 5.41) is 12.0. The molecule has 0 saturated heterocycles. The number of anilines is 1. The number of aliphatic hydroxyl groups is 1. The van der Waals surface area contributed by atoms with Gasteiger partial charge < -0.3 is 10.4 Å². The van der Waals surface area contributed by atoms with Gasteiger partial charge in [-0.25, -0.2) is 0 Å².